The summed E-state index contributed by atoms with van der Waals surface area (Å²) in [5.41, 5.74) is -0.970. The Balaban J connectivity index is 1.60. The van der Waals surface area contributed by atoms with Crippen molar-refractivity contribution in [3.05, 3.63) is 63.4 Å². The third kappa shape index (κ3) is 7.00. The molecule has 4 atom stereocenters. The second-order valence-corrected chi connectivity index (χ2v) is 8.81. The Hall–Kier alpha value is -2.52. The first-order valence-corrected chi connectivity index (χ1v) is 11.6. The van der Waals surface area contributed by atoms with Crippen LogP contribution in [-0.4, -0.2) is 40.4 Å². The molecular weight excluding hydrogens is 437 g/mol. The first-order valence-electron chi connectivity index (χ1n) is 10.4. The number of H-pyrrole nitrogens is 1. The lowest BCUT2D eigenvalue weighted by Crippen LogP contribution is -2.35. The van der Waals surface area contributed by atoms with Gasteiger partial charge >= 0.3 is 20.2 Å². The highest BCUT2D eigenvalue weighted by atomic mass is 31.2. The van der Waals surface area contributed by atoms with Crippen LogP contribution in [0.3, 0.4) is 0 Å². The van der Waals surface area contributed by atoms with Gasteiger partial charge in [0.1, 0.15) is 18.0 Å². The molecule has 2 N–H and O–H groups in total. The Kier molecular flexibility index (Phi) is 8.58. The fourth-order valence-corrected chi connectivity index (χ4v) is 4.25. The predicted octanol–water partition coefficient (Wildman–Crippen LogP) is 2.47. The van der Waals surface area contributed by atoms with Gasteiger partial charge in [-0.2, -0.15) is 0 Å². The predicted molar refractivity (Wildman–Crippen MR) is 118 cm³/mol. The smallest absolute Gasteiger partial charge is 0.330 e. The highest BCUT2D eigenvalue weighted by Crippen LogP contribution is 2.38. The van der Waals surface area contributed by atoms with Gasteiger partial charge in [-0.3, -0.25) is 19.1 Å². The average molecular weight is 465 g/mol. The first kappa shape index (κ1) is 24.1. The maximum atomic E-state index is 12.2. The van der Waals surface area contributed by atoms with Gasteiger partial charge in [-0.15, -0.1) is 0 Å². The van der Waals surface area contributed by atoms with Crippen LogP contribution in [0.25, 0.3) is 0 Å². The van der Waals surface area contributed by atoms with E-state index in [1.54, 1.807) is 32.9 Å². The van der Waals surface area contributed by atoms with Crippen molar-refractivity contribution in [1.82, 2.24) is 14.6 Å². The molecule has 10 nitrogen and oxygen atoms in total. The molecule has 1 aliphatic rings. The van der Waals surface area contributed by atoms with E-state index in [1.807, 2.05) is 18.2 Å². The number of ether oxygens (including phenoxy) is 2. The van der Waals surface area contributed by atoms with Crippen LogP contribution in [0.2, 0.25) is 0 Å². The van der Waals surface area contributed by atoms with Gasteiger partial charge in [0.05, 0.1) is 18.8 Å². The third-order valence-corrected chi connectivity index (χ3v) is 5.92. The van der Waals surface area contributed by atoms with Crippen molar-refractivity contribution in [3.8, 4) is 5.75 Å². The van der Waals surface area contributed by atoms with Crippen molar-refractivity contribution in [2.45, 2.75) is 58.1 Å². The van der Waals surface area contributed by atoms with Gasteiger partial charge in [-0.25, -0.2) is 9.88 Å². The van der Waals surface area contributed by atoms with Crippen molar-refractivity contribution >= 4 is 14.5 Å². The molecule has 1 fully saturated rings. The molecule has 32 heavy (non-hydrogen) atoms. The van der Waals surface area contributed by atoms with E-state index in [1.165, 1.54) is 16.8 Å². The number of hydrogen-bond donors (Lipinski definition) is 2. The minimum atomic E-state index is -1.68. The largest absolute Gasteiger partial charge is 0.462 e. The van der Waals surface area contributed by atoms with E-state index in [-0.39, 0.29) is 18.8 Å². The minimum Gasteiger partial charge on any atom is -0.462 e. The molecule has 2 aromatic rings. The van der Waals surface area contributed by atoms with Crippen LogP contribution in [0.15, 0.2) is 52.2 Å². The number of carbonyl (C=O) groups excluding carboxylic acids is 1. The van der Waals surface area contributed by atoms with Crippen molar-refractivity contribution in [2.75, 3.05) is 6.61 Å². The number of nitrogens with one attached hydrogen (secondary N) is 2. The fourth-order valence-electron chi connectivity index (χ4n) is 3.03. The Bertz CT molecular complexity index is 995. The summed E-state index contributed by atoms with van der Waals surface area (Å²) < 4.78 is 24.4. The van der Waals surface area contributed by atoms with Crippen LogP contribution in [0.4, 0.5) is 0 Å². The molecule has 2 unspecified atom stereocenters. The molecule has 1 aromatic carbocycles. The topological polar surface area (TPSA) is 121 Å². The van der Waals surface area contributed by atoms with Gasteiger partial charge in [0.2, 0.25) is 0 Å². The zero-order chi connectivity index (χ0) is 23.1. The van der Waals surface area contributed by atoms with Gasteiger partial charge < -0.3 is 18.5 Å². The third-order valence-electron chi connectivity index (χ3n) is 4.56. The summed E-state index contributed by atoms with van der Waals surface area (Å²) >= 11 is 0. The fraction of sp³-hybridized carbons (Fsp3) is 0.476. The first-order chi connectivity index (χ1) is 15.3. The second-order valence-electron chi connectivity index (χ2n) is 7.60. The number of hydrogen-bond acceptors (Lipinski definition) is 8. The van der Waals surface area contributed by atoms with Crippen LogP contribution in [0.1, 0.15) is 39.8 Å². The molecule has 0 aliphatic carbocycles. The lowest BCUT2D eigenvalue weighted by Gasteiger charge is -2.23. The molecule has 0 bridgehead atoms. The minimum absolute atomic E-state index is 0.200. The number of aromatic nitrogens is 2. The van der Waals surface area contributed by atoms with Crippen LogP contribution < -0.4 is 20.9 Å². The zero-order valence-corrected chi connectivity index (χ0v) is 19.1. The molecule has 0 radical (unpaired) electrons. The Morgan fingerprint density at radius 3 is 2.66 bits per heavy atom. The SMILES string of the molecule is CC(C)OC(=O)[C@@H](C)NP(OC[C@@H]1CCC(n2ccc(=O)[nH]c2=O)O1)Oc1ccccc1. The number of para-hydroxylation sites is 1. The summed E-state index contributed by atoms with van der Waals surface area (Å²) in [4.78, 5) is 37.7. The molecule has 0 spiro atoms. The summed E-state index contributed by atoms with van der Waals surface area (Å²) in [7, 11) is -1.68. The lowest BCUT2D eigenvalue weighted by atomic mass is 10.2. The molecule has 0 amide bonds. The number of nitrogens with zero attached hydrogens (tertiary/aromatic N) is 1. The number of aromatic amines is 1. The van der Waals surface area contributed by atoms with E-state index >= 15 is 0 Å². The maximum absolute atomic E-state index is 12.2. The van der Waals surface area contributed by atoms with Gasteiger partial charge in [0, 0.05) is 12.3 Å². The van der Waals surface area contributed by atoms with Crippen molar-refractivity contribution < 1.29 is 23.3 Å². The lowest BCUT2D eigenvalue weighted by molar-refractivity contribution is -0.149. The van der Waals surface area contributed by atoms with E-state index in [9.17, 15) is 14.4 Å². The van der Waals surface area contributed by atoms with Crippen LogP contribution in [-0.2, 0) is 18.8 Å². The highest BCUT2D eigenvalue weighted by molar-refractivity contribution is 7.45. The second kappa shape index (κ2) is 11.4. The summed E-state index contributed by atoms with van der Waals surface area (Å²) in [6, 6.07) is 9.78. The van der Waals surface area contributed by atoms with Crippen LogP contribution in [0.5, 0.6) is 5.75 Å². The number of rotatable bonds is 10. The van der Waals surface area contributed by atoms with E-state index in [0.717, 1.165) is 0 Å². The number of esters is 1. The summed E-state index contributed by atoms with van der Waals surface area (Å²) in [6.07, 6.45) is 1.70. The van der Waals surface area contributed by atoms with Gasteiger partial charge in [0.25, 0.3) is 5.56 Å². The molecule has 174 valence electrons. The van der Waals surface area contributed by atoms with Gasteiger partial charge in [0.15, 0.2) is 0 Å². The molecule has 1 saturated heterocycles. The number of carbonyl (C=O) groups is 1. The van der Waals surface area contributed by atoms with Crippen LogP contribution in [0, 0.1) is 0 Å². The Morgan fingerprint density at radius 2 is 1.97 bits per heavy atom. The molecule has 11 heteroatoms. The van der Waals surface area contributed by atoms with Gasteiger partial charge in [-0.1, -0.05) is 18.2 Å². The summed E-state index contributed by atoms with van der Waals surface area (Å²) in [5, 5.41) is 3.05. The normalized spacial score (nSPS) is 20.1. The number of benzene rings is 1. The molecule has 0 saturated carbocycles. The zero-order valence-electron chi connectivity index (χ0n) is 18.2. The van der Waals surface area contributed by atoms with E-state index in [0.29, 0.717) is 18.6 Å². The molecular formula is C21H28N3O7P. The monoisotopic (exact) mass is 465 g/mol. The summed E-state index contributed by atoms with van der Waals surface area (Å²) in [5.74, 6) is 0.197. The molecule has 1 aromatic heterocycles. The van der Waals surface area contributed by atoms with E-state index in [2.05, 4.69) is 10.1 Å². The molecule has 2 heterocycles. The van der Waals surface area contributed by atoms with Gasteiger partial charge in [-0.05, 0) is 45.7 Å². The van der Waals surface area contributed by atoms with E-state index < -0.39 is 38.0 Å². The summed E-state index contributed by atoms with van der Waals surface area (Å²) in [6.45, 7) is 5.45. The van der Waals surface area contributed by atoms with Crippen molar-refractivity contribution in [2.24, 2.45) is 0 Å². The quantitative estimate of drug-likeness (QED) is 0.406. The van der Waals surface area contributed by atoms with Crippen LogP contribution >= 0.6 is 8.53 Å². The van der Waals surface area contributed by atoms with Crippen molar-refractivity contribution in [1.29, 1.82) is 0 Å². The molecule has 1 aliphatic heterocycles. The van der Waals surface area contributed by atoms with E-state index in [4.69, 9.17) is 18.5 Å². The average Bonchev–Trinajstić information content (AvgIpc) is 3.21. The molecule has 3 rings (SSSR count). The Morgan fingerprint density at radius 1 is 1.22 bits per heavy atom. The standard InChI is InChI=1S/C21H28N3O7P/c1-14(2)29-20(26)15(3)23-32(31-16-7-5-4-6-8-16)28-13-17-9-10-19(30-17)24-12-11-18(25)22-21(24)27/h4-8,11-12,14-15,17,19,23H,9-10,13H2,1-3H3,(H,22,25,27)/t15-,17+,19?,32?/m1/s1. The highest BCUT2D eigenvalue weighted by Gasteiger charge is 2.30. The Labute approximate surface area is 186 Å². The maximum Gasteiger partial charge on any atom is 0.330 e. The van der Waals surface area contributed by atoms with Crippen molar-refractivity contribution in [3.63, 3.8) is 0 Å².